The highest BCUT2D eigenvalue weighted by molar-refractivity contribution is 3.91. The third-order valence-corrected chi connectivity index (χ3v) is 0. The van der Waals surface area contributed by atoms with Crippen molar-refractivity contribution >= 4 is 0 Å². The molecule has 0 aromatic carbocycles. The van der Waals surface area contributed by atoms with Crippen LogP contribution in [0, 0.1) is 0 Å². The molecule has 0 spiro atoms. The number of rotatable bonds is 0. The molecular formula is C4H14N2. The molecule has 6 heavy (non-hydrogen) atoms. The van der Waals surface area contributed by atoms with Crippen LogP contribution in [0.4, 0.5) is 0 Å². The SMILES string of the molecule is CNC.[1H]N(C)C. The highest BCUT2D eigenvalue weighted by atomic mass is 14.7. The van der Waals surface area contributed by atoms with Crippen molar-refractivity contribution in [3.05, 3.63) is 0 Å². The van der Waals surface area contributed by atoms with E-state index in [1.165, 1.54) is 5.31 Å². The molecule has 0 rings (SSSR count). The molecule has 0 fully saturated rings. The number of hydrogen-bond acceptors (Lipinski definition) is 2. The maximum atomic E-state index is 6.42. The Kier molecular flexibility index (Phi) is 20.2. The molecule has 0 unspecified atom stereocenters. The molecule has 40 valence electrons. The van der Waals surface area contributed by atoms with Crippen molar-refractivity contribution < 1.29 is 1.41 Å². The van der Waals surface area contributed by atoms with E-state index in [1.54, 1.807) is 14.1 Å². The van der Waals surface area contributed by atoms with Crippen LogP contribution >= 0.6 is 0 Å². The van der Waals surface area contributed by atoms with Crippen LogP contribution in [-0.4, -0.2) is 28.2 Å². The summed E-state index contributed by atoms with van der Waals surface area (Å²) in [6.45, 7) is 0. The van der Waals surface area contributed by atoms with E-state index in [-0.39, 0.29) is 0 Å². The third-order valence-electron chi connectivity index (χ3n) is 0. The van der Waals surface area contributed by atoms with Crippen molar-refractivity contribution in [1.82, 2.24) is 10.6 Å². The molecule has 2 heteroatoms. The van der Waals surface area contributed by atoms with Gasteiger partial charge in [-0.25, -0.2) is 0 Å². The van der Waals surface area contributed by atoms with E-state index in [9.17, 15) is 0 Å². The summed E-state index contributed by atoms with van der Waals surface area (Å²) in [6, 6.07) is 0. The maximum absolute atomic E-state index is 6.42. The van der Waals surface area contributed by atoms with Crippen molar-refractivity contribution in [2.24, 2.45) is 0 Å². The van der Waals surface area contributed by atoms with Gasteiger partial charge >= 0.3 is 0 Å². The topological polar surface area (TPSA) is 24.1 Å². The van der Waals surface area contributed by atoms with E-state index in [4.69, 9.17) is 1.41 Å². The van der Waals surface area contributed by atoms with Crippen LogP contribution in [0.2, 0.25) is 1.41 Å². The lowest BCUT2D eigenvalue weighted by Crippen LogP contribution is -1.89. The van der Waals surface area contributed by atoms with Crippen LogP contribution in [0.25, 0.3) is 0 Å². The molecule has 0 saturated carbocycles. The fraction of sp³-hybridized carbons (Fsp3) is 1.00. The van der Waals surface area contributed by atoms with Gasteiger partial charge in [-0.1, -0.05) is 0 Å². The Bertz CT molecular complexity index is 20.9. The smallest absolute Gasteiger partial charge is 0.122 e. The molecule has 0 heterocycles. The van der Waals surface area contributed by atoms with Crippen molar-refractivity contribution in [2.45, 2.75) is 0 Å². The fourth-order valence-corrected chi connectivity index (χ4v) is 0. The van der Waals surface area contributed by atoms with Crippen LogP contribution in [-0.2, 0) is 0 Å². The zero-order valence-electron chi connectivity index (χ0n) is 5.95. The monoisotopic (exact) mass is 90.1 g/mol. The maximum Gasteiger partial charge on any atom is 0.122 e. The van der Waals surface area contributed by atoms with Gasteiger partial charge in [0, 0.05) is 0 Å². The van der Waals surface area contributed by atoms with Gasteiger partial charge in [0.25, 0.3) is 0 Å². The van der Waals surface area contributed by atoms with Gasteiger partial charge in [0.15, 0.2) is 0 Å². The summed E-state index contributed by atoms with van der Waals surface area (Å²) in [4.78, 5) is 0. The molecule has 0 aliphatic carbocycles. The first kappa shape index (κ1) is 5.92. The number of hydrogen-bond donors (Lipinski definition) is 2. The molecular weight excluding hydrogens is 76.1 g/mol. The average molecular weight is 90.2 g/mol. The van der Waals surface area contributed by atoms with E-state index in [2.05, 4.69) is 5.32 Å². The van der Waals surface area contributed by atoms with Crippen molar-refractivity contribution in [3.63, 3.8) is 0 Å². The Labute approximate surface area is 41.4 Å². The lowest BCUT2D eigenvalue weighted by Gasteiger charge is -1.59. The molecule has 2 N–H and O–H groups in total. The van der Waals surface area contributed by atoms with Crippen LogP contribution in [0.15, 0.2) is 0 Å². The second-order valence-corrected chi connectivity index (χ2v) is 0.947. The van der Waals surface area contributed by atoms with Crippen LogP contribution in [0.1, 0.15) is 0 Å². The Balaban J connectivity index is 0. The van der Waals surface area contributed by atoms with Gasteiger partial charge < -0.3 is 10.6 Å². The van der Waals surface area contributed by atoms with Gasteiger partial charge in [0.2, 0.25) is 0 Å². The summed E-state index contributed by atoms with van der Waals surface area (Å²) < 4.78 is 6.42. The quantitative estimate of drug-likeness (QED) is 0.425. The molecule has 0 aromatic heterocycles. The standard InChI is InChI=1S/2C2H7N/c2*1-3-2/h2*3H,1-2H3/i/hH. The first-order valence-corrected chi connectivity index (χ1v) is 1.89. The van der Waals surface area contributed by atoms with Gasteiger partial charge in [-0.2, -0.15) is 0 Å². The summed E-state index contributed by atoms with van der Waals surface area (Å²) >= 11 is 0. The summed E-state index contributed by atoms with van der Waals surface area (Å²) in [7, 11) is 7.08. The Hall–Kier alpha value is -0.0800. The summed E-state index contributed by atoms with van der Waals surface area (Å²) in [6.07, 6.45) is 0. The average Bonchev–Trinajstić information content (AvgIpc) is 1.33. The predicted molar refractivity (Wildman–Crippen MR) is 30.0 cm³/mol. The Morgan fingerprint density at radius 2 is 1.17 bits per heavy atom. The molecule has 0 radical (unpaired) electrons. The Morgan fingerprint density at radius 3 is 1.17 bits per heavy atom. The van der Waals surface area contributed by atoms with Gasteiger partial charge in [-0.3, -0.25) is 0 Å². The molecule has 0 atom stereocenters. The first-order chi connectivity index (χ1) is 3.15. The minimum Gasteiger partial charge on any atom is -0.323 e. The van der Waals surface area contributed by atoms with E-state index in [1.807, 2.05) is 14.1 Å². The minimum absolute atomic E-state index is 1.25. The van der Waals surface area contributed by atoms with E-state index >= 15 is 0 Å². The fourth-order valence-electron chi connectivity index (χ4n) is 0. The molecule has 0 aromatic rings. The van der Waals surface area contributed by atoms with Crippen LogP contribution in [0.3, 0.4) is 0 Å². The van der Waals surface area contributed by atoms with Gasteiger partial charge in [0.05, 0.1) is 0 Å². The van der Waals surface area contributed by atoms with Crippen molar-refractivity contribution in [3.8, 4) is 0 Å². The zero-order valence-corrected chi connectivity index (χ0v) is 4.95. The zero-order chi connectivity index (χ0) is 6.28. The summed E-state index contributed by atoms with van der Waals surface area (Å²) in [5.41, 5.74) is 0. The molecule has 0 aliphatic heterocycles. The highest BCUT2D eigenvalue weighted by Crippen LogP contribution is 0.984. The lowest BCUT2D eigenvalue weighted by molar-refractivity contribution is 1.02. The lowest BCUT2D eigenvalue weighted by atomic mass is 11.3. The minimum atomic E-state index is 1.25. The highest BCUT2D eigenvalue weighted by Gasteiger charge is 1.26. The first-order valence-electron chi connectivity index (χ1n) is 2.34. The second-order valence-electron chi connectivity index (χ2n) is 0.947. The molecule has 0 bridgehead atoms. The Morgan fingerprint density at radius 1 is 1.17 bits per heavy atom. The van der Waals surface area contributed by atoms with Crippen molar-refractivity contribution in [1.29, 1.82) is 0 Å². The van der Waals surface area contributed by atoms with Gasteiger partial charge in [-0.05, 0) is 28.2 Å². The van der Waals surface area contributed by atoms with Crippen LogP contribution in [0.5, 0.6) is 0 Å². The van der Waals surface area contributed by atoms with Gasteiger partial charge in [-0.15, -0.1) is 0 Å². The third kappa shape index (κ3) is 5220. The molecule has 0 saturated heterocycles. The summed E-state index contributed by atoms with van der Waals surface area (Å²) in [5, 5.41) is 4.00. The molecule has 2 nitrogen and oxygen atoms in total. The number of nitrogens with one attached hydrogen (secondary N) is 2. The van der Waals surface area contributed by atoms with E-state index in [0.717, 1.165) is 0 Å². The van der Waals surface area contributed by atoms with E-state index in [0.29, 0.717) is 0 Å². The van der Waals surface area contributed by atoms with Crippen molar-refractivity contribution in [2.75, 3.05) is 28.2 Å². The van der Waals surface area contributed by atoms with E-state index < -0.39 is 0 Å². The predicted octanol–water partition coefficient (Wildman–Crippen LogP) is -0.329. The van der Waals surface area contributed by atoms with Gasteiger partial charge in [0.1, 0.15) is 1.41 Å². The molecule has 0 aliphatic rings. The second kappa shape index (κ2) is 20.5. The normalized spacial score (nSPS) is 9.17. The summed E-state index contributed by atoms with van der Waals surface area (Å²) in [5.74, 6) is 0. The largest absolute Gasteiger partial charge is 0.323 e. The van der Waals surface area contributed by atoms with Crippen LogP contribution < -0.4 is 10.6 Å². The molecule has 0 amide bonds.